The maximum Gasteiger partial charge on any atom is 0.0834 e. The second-order valence-electron chi connectivity index (χ2n) is 4.53. The van der Waals surface area contributed by atoms with Crippen LogP contribution in [0.25, 0.3) is 0 Å². The Kier molecular flexibility index (Phi) is 5.95. The lowest BCUT2D eigenvalue weighted by Gasteiger charge is -2.19. The van der Waals surface area contributed by atoms with Gasteiger partial charge in [-0.15, -0.1) is 0 Å². The van der Waals surface area contributed by atoms with Gasteiger partial charge in [-0.05, 0) is 27.6 Å². The van der Waals surface area contributed by atoms with Crippen molar-refractivity contribution in [2.45, 2.75) is 32.4 Å². The molecule has 1 heterocycles. The summed E-state index contributed by atoms with van der Waals surface area (Å²) in [5.74, 6) is 0. The summed E-state index contributed by atoms with van der Waals surface area (Å²) >= 11 is 6.23. The van der Waals surface area contributed by atoms with E-state index in [9.17, 15) is 0 Å². The first-order valence-electron chi connectivity index (χ1n) is 6.13. The third-order valence-electron chi connectivity index (χ3n) is 2.85. The monoisotopic (exact) mass is 258 g/mol. The van der Waals surface area contributed by atoms with Crippen molar-refractivity contribution in [2.24, 2.45) is 0 Å². The zero-order valence-corrected chi connectivity index (χ0v) is 12.0. The maximum atomic E-state index is 6.23. The Balaban J connectivity index is 2.84. The predicted molar refractivity (Wildman–Crippen MR) is 72.5 cm³/mol. The average molecular weight is 259 g/mol. The van der Waals surface area contributed by atoms with Crippen molar-refractivity contribution < 1.29 is 0 Å². The van der Waals surface area contributed by atoms with Crippen LogP contribution in [0.5, 0.6) is 0 Å². The van der Waals surface area contributed by atoms with Crippen molar-refractivity contribution in [1.29, 1.82) is 0 Å². The van der Waals surface area contributed by atoms with Gasteiger partial charge in [0.25, 0.3) is 0 Å². The highest BCUT2D eigenvalue weighted by Gasteiger charge is 2.18. The van der Waals surface area contributed by atoms with Crippen molar-refractivity contribution in [3.05, 3.63) is 16.9 Å². The zero-order chi connectivity index (χ0) is 12.8. The molecule has 0 saturated carbocycles. The molecular weight excluding hydrogens is 236 g/mol. The van der Waals surface area contributed by atoms with E-state index in [1.807, 2.05) is 11.7 Å². The van der Waals surface area contributed by atoms with Crippen molar-refractivity contribution in [1.82, 2.24) is 20.0 Å². The van der Waals surface area contributed by atoms with E-state index in [2.05, 4.69) is 36.3 Å². The van der Waals surface area contributed by atoms with E-state index in [0.29, 0.717) is 0 Å². The Morgan fingerprint density at radius 3 is 2.76 bits per heavy atom. The molecule has 0 amide bonds. The van der Waals surface area contributed by atoms with Gasteiger partial charge >= 0.3 is 0 Å². The van der Waals surface area contributed by atoms with Crippen LogP contribution in [-0.4, -0.2) is 42.4 Å². The number of rotatable bonds is 7. The second kappa shape index (κ2) is 6.99. The van der Waals surface area contributed by atoms with Crippen LogP contribution in [0.3, 0.4) is 0 Å². The van der Waals surface area contributed by atoms with Gasteiger partial charge in [-0.3, -0.25) is 4.68 Å². The molecule has 4 nitrogen and oxygen atoms in total. The van der Waals surface area contributed by atoms with E-state index in [4.69, 9.17) is 11.6 Å². The molecule has 0 spiro atoms. The first-order valence-corrected chi connectivity index (χ1v) is 6.51. The largest absolute Gasteiger partial charge is 0.312 e. The van der Waals surface area contributed by atoms with Crippen molar-refractivity contribution in [2.75, 3.05) is 27.7 Å². The molecule has 1 rings (SSSR count). The first-order chi connectivity index (χ1) is 8.10. The Labute approximate surface area is 109 Å². The third-order valence-corrected chi connectivity index (χ3v) is 3.14. The molecule has 1 atom stereocenters. The quantitative estimate of drug-likeness (QED) is 0.814. The van der Waals surface area contributed by atoms with Crippen LogP contribution >= 0.6 is 11.6 Å². The highest BCUT2D eigenvalue weighted by atomic mass is 35.5. The average Bonchev–Trinajstić information content (AvgIpc) is 2.65. The first kappa shape index (κ1) is 14.5. The highest BCUT2D eigenvalue weighted by Crippen LogP contribution is 2.25. The Bertz CT molecular complexity index is 335. The highest BCUT2D eigenvalue weighted by molar-refractivity contribution is 6.31. The van der Waals surface area contributed by atoms with Crippen LogP contribution in [0.2, 0.25) is 5.02 Å². The molecule has 0 aliphatic carbocycles. The van der Waals surface area contributed by atoms with Crippen LogP contribution < -0.4 is 5.32 Å². The Hall–Kier alpha value is -0.580. The van der Waals surface area contributed by atoms with Gasteiger partial charge in [0.05, 0.1) is 29.5 Å². The number of nitrogens with zero attached hydrogens (tertiary/aromatic N) is 3. The molecule has 0 radical (unpaired) electrons. The number of hydrogen-bond donors (Lipinski definition) is 1. The molecule has 0 bridgehead atoms. The summed E-state index contributed by atoms with van der Waals surface area (Å²) in [6.45, 7) is 4.02. The summed E-state index contributed by atoms with van der Waals surface area (Å²) in [7, 11) is 6.10. The smallest absolute Gasteiger partial charge is 0.0834 e. The molecule has 17 heavy (non-hydrogen) atoms. The van der Waals surface area contributed by atoms with E-state index < -0.39 is 0 Å². The number of aromatic nitrogens is 2. The summed E-state index contributed by atoms with van der Waals surface area (Å²) in [6.07, 6.45) is 3.94. The molecule has 0 aliphatic rings. The van der Waals surface area contributed by atoms with Crippen molar-refractivity contribution in [3.8, 4) is 0 Å². The summed E-state index contributed by atoms with van der Waals surface area (Å²) in [4.78, 5) is 2.15. The number of likely N-dealkylation sites (N-methyl/N-ethyl adjacent to an activating group) is 1. The van der Waals surface area contributed by atoms with Crippen LogP contribution in [-0.2, 0) is 6.54 Å². The van der Waals surface area contributed by atoms with E-state index in [1.165, 1.54) is 0 Å². The fourth-order valence-electron chi connectivity index (χ4n) is 1.90. The molecular formula is C12H23ClN4. The van der Waals surface area contributed by atoms with Crippen molar-refractivity contribution >= 4 is 11.6 Å². The maximum absolute atomic E-state index is 6.23. The van der Waals surface area contributed by atoms with Gasteiger partial charge in [0, 0.05) is 6.54 Å². The number of halogens is 1. The van der Waals surface area contributed by atoms with E-state index in [1.54, 1.807) is 6.20 Å². The fourth-order valence-corrected chi connectivity index (χ4v) is 2.17. The molecule has 0 saturated heterocycles. The summed E-state index contributed by atoms with van der Waals surface area (Å²) in [5, 5.41) is 8.43. The van der Waals surface area contributed by atoms with Crippen molar-refractivity contribution in [3.63, 3.8) is 0 Å². The number of nitrogens with one attached hydrogen (secondary N) is 1. The molecule has 0 fully saturated rings. The number of hydrogen-bond acceptors (Lipinski definition) is 3. The van der Waals surface area contributed by atoms with Gasteiger partial charge in [-0.2, -0.15) is 5.10 Å². The standard InChI is InChI=1S/C12H23ClN4/c1-5-6-11(14-2)12-10(13)9-15-17(12)8-7-16(3)4/h9,11,14H,5-8H2,1-4H3. The second-order valence-corrected chi connectivity index (χ2v) is 4.94. The molecule has 0 aromatic carbocycles. The van der Waals surface area contributed by atoms with Crippen LogP contribution in [0.15, 0.2) is 6.20 Å². The topological polar surface area (TPSA) is 33.1 Å². The fraction of sp³-hybridized carbons (Fsp3) is 0.750. The van der Waals surface area contributed by atoms with Crippen LogP contribution in [0.1, 0.15) is 31.5 Å². The molecule has 1 aromatic heterocycles. The Morgan fingerprint density at radius 1 is 1.53 bits per heavy atom. The van der Waals surface area contributed by atoms with Gasteiger partial charge in [-0.25, -0.2) is 0 Å². The van der Waals surface area contributed by atoms with Gasteiger partial charge < -0.3 is 10.2 Å². The summed E-state index contributed by atoms with van der Waals surface area (Å²) in [6, 6.07) is 0.289. The van der Waals surface area contributed by atoms with Crippen LogP contribution in [0, 0.1) is 0 Å². The molecule has 98 valence electrons. The lowest BCUT2D eigenvalue weighted by Crippen LogP contribution is -2.24. The van der Waals surface area contributed by atoms with E-state index >= 15 is 0 Å². The lowest BCUT2D eigenvalue weighted by molar-refractivity contribution is 0.361. The Morgan fingerprint density at radius 2 is 2.24 bits per heavy atom. The summed E-state index contributed by atoms with van der Waals surface area (Å²) in [5.41, 5.74) is 1.11. The van der Waals surface area contributed by atoms with E-state index in [0.717, 1.165) is 36.6 Å². The van der Waals surface area contributed by atoms with Gasteiger partial charge in [0.2, 0.25) is 0 Å². The normalized spacial score (nSPS) is 13.3. The van der Waals surface area contributed by atoms with Crippen LogP contribution in [0.4, 0.5) is 0 Å². The molecule has 0 aliphatic heterocycles. The van der Waals surface area contributed by atoms with E-state index in [-0.39, 0.29) is 6.04 Å². The molecule has 5 heteroatoms. The molecule has 1 N–H and O–H groups in total. The minimum absolute atomic E-state index is 0.289. The third kappa shape index (κ3) is 3.98. The predicted octanol–water partition coefficient (Wildman–Crippen LogP) is 2.16. The lowest BCUT2D eigenvalue weighted by atomic mass is 10.1. The summed E-state index contributed by atoms with van der Waals surface area (Å²) < 4.78 is 2.01. The minimum atomic E-state index is 0.289. The van der Waals surface area contributed by atoms with Gasteiger partial charge in [-0.1, -0.05) is 24.9 Å². The van der Waals surface area contributed by atoms with Gasteiger partial charge in [0.1, 0.15) is 0 Å². The molecule has 1 aromatic rings. The van der Waals surface area contributed by atoms with Gasteiger partial charge in [0.15, 0.2) is 0 Å². The molecule has 1 unspecified atom stereocenters. The zero-order valence-electron chi connectivity index (χ0n) is 11.2. The minimum Gasteiger partial charge on any atom is -0.312 e. The SMILES string of the molecule is CCCC(NC)c1c(Cl)cnn1CCN(C)C.